The zero-order valence-corrected chi connectivity index (χ0v) is 10.4. The molecule has 1 heterocycles. The topological polar surface area (TPSA) is 128 Å². The Hall–Kier alpha value is -0.665. The fourth-order valence-electron chi connectivity index (χ4n) is 2.46. The Morgan fingerprint density at radius 3 is 2.78 bits per heavy atom. The van der Waals surface area contributed by atoms with E-state index in [0.717, 1.165) is 0 Å². The molecule has 7 nitrogen and oxygen atoms in total. The molecule has 1 rings (SSSR count). The summed E-state index contributed by atoms with van der Waals surface area (Å²) in [6, 6.07) is -0.499. The Morgan fingerprint density at radius 1 is 1.50 bits per heavy atom. The van der Waals surface area contributed by atoms with Gasteiger partial charge < -0.3 is 31.5 Å². The van der Waals surface area contributed by atoms with Crippen molar-refractivity contribution in [2.24, 2.45) is 11.7 Å². The normalized spacial score (nSPS) is 27.4. The minimum Gasteiger partial charge on any atom is -0.480 e. The van der Waals surface area contributed by atoms with Gasteiger partial charge in [0.2, 0.25) is 0 Å². The van der Waals surface area contributed by atoms with E-state index in [-0.39, 0.29) is 18.3 Å². The molecule has 18 heavy (non-hydrogen) atoms. The van der Waals surface area contributed by atoms with Gasteiger partial charge in [-0.1, -0.05) is 6.42 Å². The van der Waals surface area contributed by atoms with Crippen LogP contribution in [0.25, 0.3) is 0 Å². The Balaban J connectivity index is 2.49. The molecule has 0 saturated carbocycles. The maximum Gasteiger partial charge on any atom is 0.451 e. The van der Waals surface area contributed by atoms with Crippen molar-refractivity contribution >= 4 is 13.1 Å². The summed E-state index contributed by atoms with van der Waals surface area (Å²) in [5.74, 6) is -0.908. The molecule has 3 unspecified atom stereocenters. The molecular weight excluding hydrogens is 237 g/mol. The van der Waals surface area contributed by atoms with Gasteiger partial charge in [0.25, 0.3) is 0 Å². The predicted octanol–water partition coefficient (Wildman–Crippen LogP) is -2.17. The molecular formula is C10H22BN3O4. The highest BCUT2D eigenvalue weighted by molar-refractivity contribution is 6.40. The van der Waals surface area contributed by atoms with E-state index < -0.39 is 19.1 Å². The largest absolute Gasteiger partial charge is 0.480 e. The predicted molar refractivity (Wildman–Crippen MR) is 68.0 cm³/mol. The highest BCUT2D eigenvalue weighted by Crippen LogP contribution is 2.23. The number of rotatable bonds is 8. The molecule has 0 spiro atoms. The lowest BCUT2D eigenvalue weighted by Crippen LogP contribution is -2.41. The second-order valence-electron chi connectivity index (χ2n) is 4.65. The minimum absolute atomic E-state index is 0.0483. The first-order valence-corrected chi connectivity index (χ1v) is 6.32. The smallest absolute Gasteiger partial charge is 0.451 e. The van der Waals surface area contributed by atoms with Crippen LogP contribution in [-0.4, -0.2) is 60.0 Å². The van der Waals surface area contributed by atoms with E-state index in [1.165, 1.54) is 0 Å². The van der Waals surface area contributed by atoms with E-state index in [9.17, 15) is 4.79 Å². The second-order valence-corrected chi connectivity index (χ2v) is 4.65. The first-order valence-electron chi connectivity index (χ1n) is 6.32. The molecule has 0 aromatic heterocycles. The van der Waals surface area contributed by atoms with E-state index in [1.807, 2.05) is 0 Å². The number of carbonyl (C=O) groups is 1. The van der Waals surface area contributed by atoms with E-state index in [1.54, 1.807) is 0 Å². The summed E-state index contributed by atoms with van der Waals surface area (Å²) in [4.78, 5) is 11.1. The average molecular weight is 259 g/mol. The van der Waals surface area contributed by atoms with Crippen molar-refractivity contribution in [1.29, 1.82) is 0 Å². The van der Waals surface area contributed by atoms with Crippen molar-refractivity contribution in [3.05, 3.63) is 0 Å². The van der Waals surface area contributed by atoms with Gasteiger partial charge in [-0.2, -0.15) is 0 Å². The lowest BCUT2D eigenvalue weighted by molar-refractivity contribution is -0.140. The third-order valence-corrected chi connectivity index (χ3v) is 3.32. The zero-order chi connectivity index (χ0) is 13.5. The molecule has 0 bridgehead atoms. The van der Waals surface area contributed by atoms with Crippen LogP contribution in [0.15, 0.2) is 0 Å². The fourth-order valence-corrected chi connectivity index (χ4v) is 2.46. The van der Waals surface area contributed by atoms with Crippen LogP contribution in [0, 0.1) is 5.92 Å². The highest BCUT2D eigenvalue weighted by Gasteiger charge is 2.39. The van der Waals surface area contributed by atoms with Crippen LogP contribution in [-0.2, 0) is 4.79 Å². The summed E-state index contributed by atoms with van der Waals surface area (Å²) in [5, 5.41) is 32.9. The van der Waals surface area contributed by atoms with Crippen LogP contribution in [0.5, 0.6) is 0 Å². The van der Waals surface area contributed by atoms with Crippen molar-refractivity contribution in [2.45, 2.75) is 31.2 Å². The Kier molecular flexibility index (Phi) is 6.58. The SMILES string of the molecule is NCCNC1CNC(C(=O)O)C1CCCB(O)O. The van der Waals surface area contributed by atoms with Gasteiger partial charge >= 0.3 is 13.1 Å². The zero-order valence-electron chi connectivity index (χ0n) is 10.4. The Bertz CT molecular complexity index is 268. The number of aliphatic carboxylic acids is 1. The Morgan fingerprint density at radius 2 is 2.22 bits per heavy atom. The molecule has 104 valence electrons. The molecule has 1 saturated heterocycles. The third kappa shape index (κ3) is 4.54. The van der Waals surface area contributed by atoms with Gasteiger partial charge in [-0.3, -0.25) is 4.79 Å². The summed E-state index contributed by atoms with van der Waals surface area (Å²) < 4.78 is 0. The molecule has 0 radical (unpaired) electrons. The number of nitrogens with one attached hydrogen (secondary N) is 2. The van der Waals surface area contributed by atoms with Crippen molar-refractivity contribution in [3.63, 3.8) is 0 Å². The molecule has 0 aliphatic carbocycles. The number of nitrogens with two attached hydrogens (primary N) is 1. The molecule has 7 N–H and O–H groups in total. The van der Waals surface area contributed by atoms with E-state index >= 15 is 0 Å². The van der Waals surface area contributed by atoms with Gasteiger partial charge in [-0.25, -0.2) is 0 Å². The molecule has 1 aliphatic heterocycles. The number of hydrogen-bond donors (Lipinski definition) is 6. The molecule has 8 heteroatoms. The standard InChI is InChI=1S/C10H22BN3O4/c12-4-5-13-8-6-14-9(10(15)16)7(8)2-1-3-11(17)18/h7-9,13-14,17-18H,1-6,12H2,(H,15,16). The summed E-state index contributed by atoms with van der Waals surface area (Å²) in [6.45, 7) is 1.76. The monoisotopic (exact) mass is 259 g/mol. The van der Waals surface area contributed by atoms with Crippen LogP contribution >= 0.6 is 0 Å². The molecule has 0 aromatic rings. The maximum absolute atomic E-state index is 11.1. The van der Waals surface area contributed by atoms with Gasteiger partial charge in [0.05, 0.1) is 0 Å². The summed E-state index contributed by atoms with van der Waals surface area (Å²) in [7, 11) is -1.32. The Labute approximate surface area is 107 Å². The summed E-state index contributed by atoms with van der Waals surface area (Å²) >= 11 is 0. The van der Waals surface area contributed by atoms with Crippen molar-refractivity contribution in [3.8, 4) is 0 Å². The van der Waals surface area contributed by atoms with Gasteiger partial charge in [0.15, 0.2) is 0 Å². The van der Waals surface area contributed by atoms with Crippen LogP contribution in [0.3, 0.4) is 0 Å². The molecule has 0 amide bonds. The van der Waals surface area contributed by atoms with E-state index in [4.69, 9.17) is 20.9 Å². The first kappa shape index (κ1) is 15.4. The average Bonchev–Trinajstić information content (AvgIpc) is 2.69. The molecule has 1 fully saturated rings. The van der Waals surface area contributed by atoms with Crippen LogP contribution < -0.4 is 16.4 Å². The molecule has 3 atom stereocenters. The second kappa shape index (κ2) is 7.70. The summed E-state index contributed by atoms with van der Waals surface area (Å²) in [6.07, 6.45) is 1.50. The van der Waals surface area contributed by atoms with Crippen molar-refractivity contribution < 1.29 is 19.9 Å². The third-order valence-electron chi connectivity index (χ3n) is 3.32. The van der Waals surface area contributed by atoms with E-state index in [0.29, 0.717) is 32.5 Å². The number of carboxylic acid groups (broad SMARTS) is 1. The maximum atomic E-state index is 11.1. The molecule has 1 aliphatic rings. The summed E-state index contributed by atoms with van der Waals surface area (Å²) in [5.41, 5.74) is 5.42. The van der Waals surface area contributed by atoms with Gasteiger partial charge in [-0.15, -0.1) is 0 Å². The van der Waals surface area contributed by atoms with Gasteiger partial charge in [0.1, 0.15) is 6.04 Å². The van der Waals surface area contributed by atoms with Gasteiger partial charge in [0, 0.05) is 31.6 Å². The van der Waals surface area contributed by atoms with Crippen LogP contribution in [0.2, 0.25) is 6.32 Å². The first-order chi connectivity index (χ1) is 8.56. The van der Waals surface area contributed by atoms with Crippen LogP contribution in [0.4, 0.5) is 0 Å². The lowest BCUT2D eigenvalue weighted by atomic mass is 9.80. The number of hydrogen-bond acceptors (Lipinski definition) is 6. The van der Waals surface area contributed by atoms with Gasteiger partial charge in [-0.05, 0) is 12.7 Å². The number of carboxylic acids is 1. The lowest BCUT2D eigenvalue weighted by Gasteiger charge is -2.22. The minimum atomic E-state index is -1.32. The van der Waals surface area contributed by atoms with E-state index in [2.05, 4.69) is 10.6 Å². The van der Waals surface area contributed by atoms with Crippen molar-refractivity contribution in [2.75, 3.05) is 19.6 Å². The fraction of sp³-hybridized carbons (Fsp3) is 0.900. The molecule has 0 aromatic carbocycles. The highest BCUT2D eigenvalue weighted by atomic mass is 16.4. The van der Waals surface area contributed by atoms with Crippen molar-refractivity contribution in [1.82, 2.24) is 10.6 Å². The van der Waals surface area contributed by atoms with Crippen LogP contribution in [0.1, 0.15) is 12.8 Å². The quantitative estimate of drug-likeness (QED) is 0.274.